The van der Waals surface area contributed by atoms with E-state index in [0.717, 1.165) is 25.4 Å². The molecule has 2 rings (SSSR count). The summed E-state index contributed by atoms with van der Waals surface area (Å²) in [4.78, 5) is 2.19. The van der Waals surface area contributed by atoms with Gasteiger partial charge in [-0.15, -0.1) is 0 Å². The van der Waals surface area contributed by atoms with Gasteiger partial charge in [-0.3, -0.25) is 0 Å². The first-order chi connectivity index (χ1) is 8.81. The van der Waals surface area contributed by atoms with Crippen molar-refractivity contribution in [3.05, 3.63) is 54.0 Å². The summed E-state index contributed by atoms with van der Waals surface area (Å²) < 4.78 is 5.57. The van der Waals surface area contributed by atoms with Crippen LogP contribution in [0.15, 0.2) is 47.1 Å². The number of benzene rings is 1. The van der Waals surface area contributed by atoms with Crippen molar-refractivity contribution in [2.24, 2.45) is 0 Å². The summed E-state index contributed by atoms with van der Waals surface area (Å²) in [6, 6.07) is 12.4. The minimum atomic E-state index is 0.789. The second-order valence-corrected chi connectivity index (χ2v) is 4.34. The van der Waals surface area contributed by atoms with Crippen LogP contribution >= 0.6 is 0 Å². The molecule has 1 aromatic heterocycles. The number of nitrogens with one attached hydrogen (secondary N) is 1. The van der Waals surface area contributed by atoms with E-state index in [1.165, 1.54) is 11.3 Å². The van der Waals surface area contributed by atoms with Crippen molar-refractivity contribution in [2.75, 3.05) is 18.5 Å². The SMILES string of the molecule is CCNCc1ccoc1CN(C)c1ccccc1. The molecule has 0 aliphatic rings. The van der Waals surface area contributed by atoms with Gasteiger partial charge in [-0.05, 0) is 24.7 Å². The lowest BCUT2D eigenvalue weighted by atomic mass is 10.2. The minimum Gasteiger partial charge on any atom is -0.467 e. The van der Waals surface area contributed by atoms with Crippen LogP contribution in [0.25, 0.3) is 0 Å². The Bertz CT molecular complexity index is 464. The maximum atomic E-state index is 5.57. The maximum Gasteiger partial charge on any atom is 0.127 e. The number of anilines is 1. The normalized spacial score (nSPS) is 10.6. The molecule has 18 heavy (non-hydrogen) atoms. The highest BCUT2D eigenvalue weighted by Gasteiger charge is 2.09. The molecule has 0 bridgehead atoms. The van der Waals surface area contributed by atoms with Crippen LogP contribution in [0.4, 0.5) is 5.69 Å². The van der Waals surface area contributed by atoms with Crippen molar-refractivity contribution in [1.82, 2.24) is 5.32 Å². The third kappa shape index (κ3) is 3.14. The fraction of sp³-hybridized carbons (Fsp3) is 0.333. The topological polar surface area (TPSA) is 28.4 Å². The summed E-state index contributed by atoms with van der Waals surface area (Å²) in [6.07, 6.45) is 1.76. The number of para-hydroxylation sites is 1. The highest BCUT2D eigenvalue weighted by atomic mass is 16.3. The first-order valence-corrected chi connectivity index (χ1v) is 6.33. The molecule has 0 aliphatic carbocycles. The molecule has 3 nitrogen and oxygen atoms in total. The number of hydrogen-bond donors (Lipinski definition) is 1. The molecule has 0 aliphatic heterocycles. The van der Waals surface area contributed by atoms with Gasteiger partial charge in [0.1, 0.15) is 5.76 Å². The van der Waals surface area contributed by atoms with Gasteiger partial charge in [0.25, 0.3) is 0 Å². The summed E-state index contributed by atoms with van der Waals surface area (Å²) in [5, 5.41) is 3.33. The molecule has 1 aromatic carbocycles. The lowest BCUT2D eigenvalue weighted by molar-refractivity contribution is 0.500. The summed E-state index contributed by atoms with van der Waals surface area (Å²) in [5.41, 5.74) is 2.43. The van der Waals surface area contributed by atoms with Crippen molar-refractivity contribution in [3.63, 3.8) is 0 Å². The van der Waals surface area contributed by atoms with Gasteiger partial charge < -0.3 is 14.6 Å². The Morgan fingerprint density at radius 1 is 1.17 bits per heavy atom. The number of nitrogens with zero attached hydrogens (tertiary/aromatic N) is 1. The molecule has 0 saturated carbocycles. The van der Waals surface area contributed by atoms with Gasteiger partial charge in [0.15, 0.2) is 0 Å². The largest absolute Gasteiger partial charge is 0.467 e. The Balaban J connectivity index is 2.03. The molecule has 0 fully saturated rings. The van der Waals surface area contributed by atoms with Crippen molar-refractivity contribution in [1.29, 1.82) is 0 Å². The Morgan fingerprint density at radius 3 is 2.67 bits per heavy atom. The molecule has 0 amide bonds. The Kier molecular flexibility index (Phi) is 4.42. The third-order valence-electron chi connectivity index (χ3n) is 2.98. The van der Waals surface area contributed by atoms with Crippen LogP contribution in [-0.4, -0.2) is 13.6 Å². The van der Waals surface area contributed by atoms with Gasteiger partial charge >= 0.3 is 0 Å². The van der Waals surface area contributed by atoms with Crippen molar-refractivity contribution in [3.8, 4) is 0 Å². The second kappa shape index (κ2) is 6.26. The Labute approximate surface area is 108 Å². The van der Waals surface area contributed by atoms with Crippen LogP contribution in [0.1, 0.15) is 18.2 Å². The average molecular weight is 244 g/mol. The van der Waals surface area contributed by atoms with E-state index in [-0.39, 0.29) is 0 Å². The molecule has 0 radical (unpaired) electrons. The molecule has 0 unspecified atom stereocenters. The van der Waals surface area contributed by atoms with Crippen LogP contribution < -0.4 is 10.2 Å². The molecule has 0 spiro atoms. The second-order valence-electron chi connectivity index (χ2n) is 4.34. The van der Waals surface area contributed by atoms with Crippen LogP contribution in [0, 0.1) is 0 Å². The minimum absolute atomic E-state index is 0.789. The lowest BCUT2D eigenvalue weighted by Crippen LogP contribution is -2.18. The van der Waals surface area contributed by atoms with Crippen LogP contribution in [0.5, 0.6) is 0 Å². The van der Waals surface area contributed by atoms with Crippen LogP contribution in [0.3, 0.4) is 0 Å². The predicted octanol–water partition coefficient (Wildman–Crippen LogP) is 3.03. The van der Waals surface area contributed by atoms with E-state index in [9.17, 15) is 0 Å². The van der Waals surface area contributed by atoms with E-state index in [2.05, 4.69) is 36.3 Å². The standard InChI is InChI=1S/C15H20N2O/c1-3-16-11-13-9-10-18-15(13)12-17(2)14-7-5-4-6-8-14/h4-10,16H,3,11-12H2,1-2H3. The molecule has 0 atom stereocenters. The van der Waals surface area contributed by atoms with Gasteiger partial charge in [0.2, 0.25) is 0 Å². The van der Waals surface area contributed by atoms with Crippen LogP contribution in [-0.2, 0) is 13.1 Å². The van der Waals surface area contributed by atoms with E-state index in [0.29, 0.717) is 0 Å². The van der Waals surface area contributed by atoms with Crippen molar-refractivity contribution >= 4 is 5.69 Å². The van der Waals surface area contributed by atoms with Gasteiger partial charge in [-0.1, -0.05) is 25.1 Å². The van der Waals surface area contributed by atoms with Gasteiger partial charge in [-0.2, -0.15) is 0 Å². The molecule has 0 saturated heterocycles. The molecule has 1 heterocycles. The Morgan fingerprint density at radius 2 is 1.94 bits per heavy atom. The lowest BCUT2D eigenvalue weighted by Gasteiger charge is -2.18. The highest BCUT2D eigenvalue weighted by Crippen LogP contribution is 2.17. The monoisotopic (exact) mass is 244 g/mol. The quantitative estimate of drug-likeness (QED) is 0.846. The number of furan rings is 1. The summed E-state index contributed by atoms with van der Waals surface area (Å²) in [5.74, 6) is 1.03. The third-order valence-corrected chi connectivity index (χ3v) is 2.98. The summed E-state index contributed by atoms with van der Waals surface area (Å²) in [7, 11) is 2.08. The van der Waals surface area contributed by atoms with Crippen molar-refractivity contribution < 1.29 is 4.42 Å². The zero-order valence-corrected chi connectivity index (χ0v) is 11.0. The number of rotatable bonds is 6. The van der Waals surface area contributed by atoms with Crippen LogP contribution in [0.2, 0.25) is 0 Å². The predicted molar refractivity (Wildman–Crippen MR) is 74.6 cm³/mol. The van der Waals surface area contributed by atoms with Gasteiger partial charge in [0.05, 0.1) is 12.8 Å². The highest BCUT2D eigenvalue weighted by molar-refractivity contribution is 5.45. The Hall–Kier alpha value is -1.74. The van der Waals surface area contributed by atoms with E-state index in [4.69, 9.17) is 4.42 Å². The molecular weight excluding hydrogens is 224 g/mol. The number of hydrogen-bond acceptors (Lipinski definition) is 3. The molecular formula is C15H20N2O. The average Bonchev–Trinajstić information content (AvgIpc) is 2.84. The maximum absolute atomic E-state index is 5.57. The molecule has 96 valence electrons. The van der Waals surface area contributed by atoms with Crippen molar-refractivity contribution in [2.45, 2.75) is 20.0 Å². The smallest absolute Gasteiger partial charge is 0.127 e. The zero-order valence-electron chi connectivity index (χ0n) is 11.0. The summed E-state index contributed by atoms with van der Waals surface area (Å²) >= 11 is 0. The van der Waals surface area contributed by atoms with Gasteiger partial charge in [-0.25, -0.2) is 0 Å². The van der Waals surface area contributed by atoms with E-state index in [1.807, 2.05) is 24.3 Å². The molecule has 3 heteroatoms. The fourth-order valence-electron chi connectivity index (χ4n) is 1.91. The van der Waals surface area contributed by atoms with E-state index in [1.54, 1.807) is 6.26 Å². The zero-order chi connectivity index (χ0) is 12.8. The molecule has 2 aromatic rings. The molecule has 1 N–H and O–H groups in total. The fourth-order valence-corrected chi connectivity index (χ4v) is 1.91. The van der Waals surface area contributed by atoms with Gasteiger partial charge in [0, 0.05) is 24.8 Å². The van der Waals surface area contributed by atoms with E-state index < -0.39 is 0 Å². The van der Waals surface area contributed by atoms with E-state index >= 15 is 0 Å². The first-order valence-electron chi connectivity index (χ1n) is 6.33. The first kappa shape index (κ1) is 12.7. The summed E-state index contributed by atoms with van der Waals surface area (Å²) in [6.45, 7) is 4.73.